The molecule has 0 unspecified atom stereocenters. The van der Waals surface area contributed by atoms with Crippen molar-refractivity contribution in [1.29, 1.82) is 0 Å². The van der Waals surface area contributed by atoms with E-state index >= 15 is 0 Å². The molecule has 0 fully saturated rings. The summed E-state index contributed by atoms with van der Waals surface area (Å²) in [4.78, 5) is 32.3. The maximum atomic E-state index is 12.4. The number of ketones is 1. The van der Waals surface area contributed by atoms with Gasteiger partial charge in [0.2, 0.25) is 5.78 Å². The van der Waals surface area contributed by atoms with Crippen molar-refractivity contribution in [3.63, 3.8) is 0 Å². The molecule has 0 aromatic carbocycles. The maximum Gasteiger partial charge on any atom is 0.358 e. The van der Waals surface area contributed by atoms with Crippen molar-refractivity contribution in [2.45, 2.75) is 33.7 Å². The summed E-state index contributed by atoms with van der Waals surface area (Å²) in [5, 5.41) is 0. The Hall–Kier alpha value is -2.54. The minimum atomic E-state index is -0.664. The normalized spacial score (nSPS) is 12.0. The molecule has 0 saturated heterocycles. The standard InChI is InChI=1S/C18H23N3O4/c1-11-7-20-16(8-19-11)18(23)25-10-17(22)15-6-12(2)21(14(15)4)13(3)9-24-5/h6-8,13H,9-10H2,1-5H3/t13-/m0/s1. The van der Waals surface area contributed by atoms with Gasteiger partial charge in [-0.2, -0.15) is 0 Å². The number of hydrogen-bond donors (Lipinski definition) is 0. The summed E-state index contributed by atoms with van der Waals surface area (Å²) in [7, 11) is 1.64. The fourth-order valence-corrected chi connectivity index (χ4v) is 2.83. The van der Waals surface area contributed by atoms with Crippen molar-refractivity contribution in [2.24, 2.45) is 0 Å². The van der Waals surface area contributed by atoms with Crippen LogP contribution in [0.2, 0.25) is 0 Å². The number of esters is 1. The van der Waals surface area contributed by atoms with E-state index in [-0.39, 0.29) is 24.1 Å². The Morgan fingerprint density at radius 1 is 1.20 bits per heavy atom. The number of hydrogen-bond acceptors (Lipinski definition) is 6. The van der Waals surface area contributed by atoms with Crippen molar-refractivity contribution >= 4 is 11.8 Å². The predicted molar refractivity (Wildman–Crippen MR) is 91.9 cm³/mol. The Kier molecular flexibility index (Phi) is 6.03. The van der Waals surface area contributed by atoms with E-state index < -0.39 is 5.97 Å². The van der Waals surface area contributed by atoms with E-state index in [1.54, 1.807) is 14.0 Å². The van der Waals surface area contributed by atoms with Gasteiger partial charge in [0.05, 0.1) is 24.5 Å². The van der Waals surface area contributed by atoms with Crippen LogP contribution < -0.4 is 0 Å². The number of methoxy groups -OCH3 is 1. The Morgan fingerprint density at radius 2 is 1.92 bits per heavy atom. The SMILES string of the molecule is COC[C@H](C)n1c(C)cc(C(=O)COC(=O)c2cnc(C)cn2)c1C. The van der Waals surface area contributed by atoms with Crippen molar-refractivity contribution < 1.29 is 19.1 Å². The molecule has 2 aromatic heterocycles. The largest absolute Gasteiger partial charge is 0.453 e. The summed E-state index contributed by atoms with van der Waals surface area (Å²) >= 11 is 0. The molecule has 0 amide bonds. The van der Waals surface area contributed by atoms with Crippen molar-refractivity contribution in [1.82, 2.24) is 14.5 Å². The third-order valence-electron chi connectivity index (χ3n) is 3.96. The number of carbonyl (C=O) groups is 2. The summed E-state index contributed by atoms with van der Waals surface area (Å²) in [5.74, 6) is -0.917. The lowest BCUT2D eigenvalue weighted by Crippen LogP contribution is -2.17. The van der Waals surface area contributed by atoms with Crippen LogP contribution in [0.25, 0.3) is 0 Å². The first-order valence-corrected chi connectivity index (χ1v) is 8.01. The van der Waals surface area contributed by atoms with Gasteiger partial charge in [0, 0.05) is 30.3 Å². The first-order chi connectivity index (χ1) is 11.8. The molecular weight excluding hydrogens is 322 g/mol. The summed E-state index contributed by atoms with van der Waals surface area (Å²) in [6.07, 6.45) is 2.81. The Labute approximate surface area is 147 Å². The average Bonchev–Trinajstić information content (AvgIpc) is 2.88. The molecule has 134 valence electrons. The average molecular weight is 345 g/mol. The smallest absolute Gasteiger partial charge is 0.358 e. The van der Waals surface area contributed by atoms with Crippen LogP contribution in [-0.4, -0.2) is 46.6 Å². The molecule has 0 saturated carbocycles. The maximum absolute atomic E-state index is 12.4. The van der Waals surface area contributed by atoms with Crippen molar-refractivity contribution in [3.8, 4) is 0 Å². The van der Waals surface area contributed by atoms with E-state index in [4.69, 9.17) is 9.47 Å². The number of aryl methyl sites for hydroxylation is 2. The Balaban J connectivity index is 2.07. The van der Waals surface area contributed by atoms with Crippen LogP contribution in [0.4, 0.5) is 0 Å². The van der Waals surface area contributed by atoms with Crippen LogP contribution in [-0.2, 0) is 9.47 Å². The van der Waals surface area contributed by atoms with E-state index in [0.717, 1.165) is 11.4 Å². The third-order valence-corrected chi connectivity index (χ3v) is 3.96. The van der Waals surface area contributed by atoms with Gasteiger partial charge in [0.15, 0.2) is 12.3 Å². The highest BCUT2D eigenvalue weighted by atomic mass is 16.5. The number of carbonyl (C=O) groups excluding carboxylic acids is 2. The zero-order valence-electron chi connectivity index (χ0n) is 15.2. The van der Waals surface area contributed by atoms with Gasteiger partial charge in [0.1, 0.15) is 0 Å². The minimum absolute atomic E-state index is 0.0811. The fourth-order valence-electron chi connectivity index (χ4n) is 2.83. The van der Waals surface area contributed by atoms with E-state index in [2.05, 4.69) is 9.97 Å². The minimum Gasteiger partial charge on any atom is -0.453 e. The van der Waals surface area contributed by atoms with Crippen LogP contribution in [0.5, 0.6) is 0 Å². The summed E-state index contributed by atoms with van der Waals surface area (Å²) in [5.41, 5.74) is 3.12. The molecule has 0 aliphatic heterocycles. The molecule has 25 heavy (non-hydrogen) atoms. The molecule has 7 nitrogen and oxygen atoms in total. The number of rotatable bonds is 7. The molecule has 0 spiro atoms. The molecule has 2 heterocycles. The predicted octanol–water partition coefficient (Wildman–Crippen LogP) is 2.45. The molecule has 0 bridgehead atoms. The van der Waals surface area contributed by atoms with Gasteiger partial charge in [-0.1, -0.05) is 0 Å². The second kappa shape index (κ2) is 8.02. The van der Waals surface area contributed by atoms with Gasteiger partial charge in [-0.25, -0.2) is 9.78 Å². The Morgan fingerprint density at radius 3 is 2.52 bits per heavy atom. The summed E-state index contributed by atoms with van der Waals surface area (Å²) in [6.45, 7) is 7.81. The lowest BCUT2D eigenvalue weighted by molar-refractivity contribution is 0.0468. The first-order valence-electron chi connectivity index (χ1n) is 8.01. The fraction of sp³-hybridized carbons (Fsp3) is 0.444. The van der Waals surface area contributed by atoms with Crippen molar-refractivity contribution in [2.75, 3.05) is 20.3 Å². The van der Waals surface area contributed by atoms with E-state index in [0.29, 0.717) is 17.9 Å². The van der Waals surface area contributed by atoms with Gasteiger partial charge in [0.25, 0.3) is 0 Å². The van der Waals surface area contributed by atoms with Gasteiger partial charge in [-0.15, -0.1) is 0 Å². The van der Waals surface area contributed by atoms with Crippen molar-refractivity contribution in [3.05, 3.63) is 46.8 Å². The highest BCUT2D eigenvalue weighted by molar-refractivity contribution is 6.00. The van der Waals surface area contributed by atoms with E-state index in [1.807, 2.05) is 31.4 Å². The topological polar surface area (TPSA) is 83.3 Å². The molecule has 7 heteroatoms. The van der Waals surface area contributed by atoms with Crippen LogP contribution >= 0.6 is 0 Å². The lowest BCUT2D eigenvalue weighted by atomic mass is 10.1. The zero-order chi connectivity index (χ0) is 18.6. The highest BCUT2D eigenvalue weighted by Crippen LogP contribution is 2.21. The third kappa shape index (κ3) is 4.30. The highest BCUT2D eigenvalue weighted by Gasteiger charge is 2.20. The quantitative estimate of drug-likeness (QED) is 0.566. The summed E-state index contributed by atoms with van der Waals surface area (Å²) < 4.78 is 12.3. The van der Waals surface area contributed by atoms with E-state index in [1.165, 1.54) is 12.4 Å². The van der Waals surface area contributed by atoms with Gasteiger partial charge >= 0.3 is 5.97 Å². The number of nitrogens with zero attached hydrogens (tertiary/aromatic N) is 3. The molecule has 2 rings (SSSR count). The number of aromatic nitrogens is 3. The Bertz CT molecular complexity index is 765. The van der Waals surface area contributed by atoms with Crippen LogP contribution in [0.1, 0.15) is 50.9 Å². The monoisotopic (exact) mass is 345 g/mol. The number of ether oxygens (including phenoxy) is 2. The van der Waals surface area contributed by atoms with E-state index in [9.17, 15) is 9.59 Å². The second-order valence-electron chi connectivity index (χ2n) is 6.00. The van der Waals surface area contributed by atoms with Gasteiger partial charge in [-0.3, -0.25) is 9.78 Å². The molecule has 2 aromatic rings. The second-order valence-corrected chi connectivity index (χ2v) is 6.00. The number of Topliss-reactive ketones (excluding diaryl/α,β-unsaturated/α-hetero) is 1. The first kappa shape index (κ1) is 18.8. The summed E-state index contributed by atoms with van der Waals surface area (Å²) in [6, 6.07) is 1.92. The van der Waals surface area contributed by atoms with Gasteiger partial charge < -0.3 is 14.0 Å². The molecule has 0 aliphatic carbocycles. The molecular formula is C18H23N3O4. The molecule has 0 N–H and O–H groups in total. The van der Waals surface area contributed by atoms with Crippen LogP contribution in [0, 0.1) is 20.8 Å². The van der Waals surface area contributed by atoms with Crippen LogP contribution in [0.15, 0.2) is 18.5 Å². The molecule has 1 atom stereocenters. The zero-order valence-corrected chi connectivity index (χ0v) is 15.2. The molecule has 0 radical (unpaired) electrons. The van der Waals surface area contributed by atoms with Crippen LogP contribution in [0.3, 0.4) is 0 Å². The van der Waals surface area contributed by atoms with Gasteiger partial charge in [-0.05, 0) is 33.8 Å². The molecule has 0 aliphatic rings. The lowest BCUT2D eigenvalue weighted by Gasteiger charge is -2.17.